The highest BCUT2D eigenvalue weighted by molar-refractivity contribution is 5.05. The molecule has 0 radical (unpaired) electrons. The molecule has 0 spiro atoms. The van der Waals surface area contributed by atoms with Gasteiger partial charge < -0.3 is 5.32 Å². The van der Waals surface area contributed by atoms with Crippen LogP contribution in [0.5, 0.6) is 0 Å². The number of aryl methyl sites for hydroxylation is 1. The van der Waals surface area contributed by atoms with E-state index in [0.29, 0.717) is 17.5 Å². The molecule has 2 unspecified atom stereocenters. The van der Waals surface area contributed by atoms with Crippen LogP contribution in [0.3, 0.4) is 0 Å². The van der Waals surface area contributed by atoms with Crippen LogP contribution in [0.4, 0.5) is 0 Å². The summed E-state index contributed by atoms with van der Waals surface area (Å²) in [5.41, 5.74) is 1.68. The standard InChI is InChI=1S/C16H30N4/c1-6-17-15-14(8-7-9-16(15,2)3)19(4)11-13-10-18-20(5)12-13/h10,12,14-15,17H,6-9,11H2,1-5H3. The highest BCUT2D eigenvalue weighted by Gasteiger charge is 2.40. The predicted octanol–water partition coefficient (Wildman–Crippen LogP) is 2.41. The van der Waals surface area contributed by atoms with Crippen LogP contribution >= 0.6 is 0 Å². The van der Waals surface area contributed by atoms with Crippen LogP contribution in [0.25, 0.3) is 0 Å². The van der Waals surface area contributed by atoms with Gasteiger partial charge in [0.15, 0.2) is 0 Å². The third-order valence-electron chi connectivity index (χ3n) is 4.73. The molecule has 114 valence electrons. The first-order valence-corrected chi connectivity index (χ1v) is 7.85. The van der Waals surface area contributed by atoms with Crippen molar-refractivity contribution in [2.45, 2.75) is 58.7 Å². The van der Waals surface area contributed by atoms with Gasteiger partial charge in [-0.1, -0.05) is 27.2 Å². The van der Waals surface area contributed by atoms with Gasteiger partial charge in [-0.3, -0.25) is 9.58 Å². The Hall–Kier alpha value is -0.870. The molecule has 4 nitrogen and oxygen atoms in total. The van der Waals surface area contributed by atoms with E-state index in [2.05, 4.69) is 49.3 Å². The van der Waals surface area contributed by atoms with Crippen LogP contribution in [0.15, 0.2) is 12.4 Å². The fourth-order valence-electron chi connectivity index (χ4n) is 3.68. The Kier molecular flexibility index (Phi) is 4.86. The fraction of sp³-hybridized carbons (Fsp3) is 0.812. The molecule has 1 aliphatic carbocycles. The van der Waals surface area contributed by atoms with Gasteiger partial charge in [-0.25, -0.2) is 0 Å². The molecule has 2 rings (SSSR count). The van der Waals surface area contributed by atoms with E-state index in [4.69, 9.17) is 0 Å². The van der Waals surface area contributed by atoms with E-state index in [1.165, 1.54) is 24.8 Å². The van der Waals surface area contributed by atoms with Gasteiger partial charge in [-0.05, 0) is 31.8 Å². The summed E-state index contributed by atoms with van der Waals surface area (Å²) in [7, 11) is 4.23. The zero-order chi connectivity index (χ0) is 14.8. The van der Waals surface area contributed by atoms with Crippen molar-refractivity contribution in [3.05, 3.63) is 18.0 Å². The normalized spacial score (nSPS) is 26.1. The third kappa shape index (κ3) is 3.41. The topological polar surface area (TPSA) is 33.1 Å². The smallest absolute Gasteiger partial charge is 0.0534 e. The minimum Gasteiger partial charge on any atom is -0.312 e. The maximum Gasteiger partial charge on any atom is 0.0534 e. The van der Waals surface area contributed by atoms with Crippen molar-refractivity contribution in [2.24, 2.45) is 12.5 Å². The number of nitrogens with one attached hydrogen (secondary N) is 1. The van der Waals surface area contributed by atoms with Crippen molar-refractivity contribution in [3.63, 3.8) is 0 Å². The fourth-order valence-corrected chi connectivity index (χ4v) is 3.68. The van der Waals surface area contributed by atoms with Crippen LogP contribution < -0.4 is 5.32 Å². The van der Waals surface area contributed by atoms with E-state index in [0.717, 1.165) is 13.1 Å². The maximum absolute atomic E-state index is 4.27. The van der Waals surface area contributed by atoms with Crippen LogP contribution in [0.1, 0.15) is 45.6 Å². The first kappa shape index (κ1) is 15.5. The lowest BCUT2D eigenvalue weighted by Crippen LogP contribution is -2.57. The molecule has 0 amide bonds. The van der Waals surface area contributed by atoms with E-state index >= 15 is 0 Å². The molecule has 4 heteroatoms. The predicted molar refractivity (Wildman–Crippen MR) is 83.6 cm³/mol. The van der Waals surface area contributed by atoms with Gasteiger partial charge in [0.05, 0.1) is 6.20 Å². The van der Waals surface area contributed by atoms with Gasteiger partial charge in [-0.2, -0.15) is 5.10 Å². The average Bonchev–Trinajstić information content (AvgIpc) is 2.77. The molecule has 1 aliphatic rings. The van der Waals surface area contributed by atoms with Crippen molar-refractivity contribution >= 4 is 0 Å². The quantitative estimate of drug-likeness (QED) is 0.898. The van der Waals surface area contributed by atoms with Crippen molar-refractivity contribution in [3.8, 4) is 0 Å². The molecular weight excluding hydrogens is 248 g/mol. The molecule has 0 aliphatic heterocycles. The molecule has 0 bridgehead atoms. The molecule has 2 atom stereocenters. The summed E-state index contributed by atoms with van der Waals surface area (Å²) in [5, 5.41) is 8.01. The second kappa shape index (κ2) is 6.27. The summed E-state index contributed by atoms with van der Waals surface area (Å²) in [6, 6.07) is 1.18. The zero-order valence-electron chi connectivity index (χ0n) is 13.7. The largest absolute Gasteiger partial charge is 0.312 e. The summed E-state index contributed by atoms with van der Waals surface area (Å²) in [6.07, 6.45) is 8.04. The lowest BCUT2D eigenvalue weighted by Gasteiger charge is -2.47. The van der Waals surface area contributed by atoms with Crippen LogP contribution in [0.2, 0.25) is 0 Å². The van der Waals surface area contributed by atoms with Crippen LogP contribution in [-0.4, -0.2) is 40.4 Å². The Balaban J connectivity index is 2.07. The molecular formula is C16H30N4. The lowest BCUT2D eigenvalue weighted by molar-refractivity contribution is 0.0598. The van der Waals surface area contributed by atoms with Gasteiger partial charge >= 0.3 is 0 Å². The first-order chi connectivity index (χ1) is 9.44. The Morgan fingerprint density at radius 2 is 2.25 bits per heavy atom. The second-order valence-corrected chi connectivity index (χ2v) is 6.92. The van der Waals surface area contributed by atoms with Gasteiger partial charge in [0, 0.05) is 37.4 Å². The summed E-state index contributed by atoms with van der Waals surface area (Å²) in [6.45, 7) is 9.06. The second-order valence-electron chi connectivity index (χ2n) is 6.92. The molecule has 1 heterocycles. The molecule has 20 heavy (non-hydrogen) atoms. The maximum atomic E-state index is 4.27. The van der Waals surface area contributed by atoms with Crippen LogP contribution in [-0.2, 0) is 13.6 Å². The Labute approximate surface area is 123 Å². The minimum absolute atomic E-state index is 0.377. The average molecular weight is 278 g/mol. The zero-order valence-corrected chi connectivity index (χ0v) is 13.7. The lowest BCUT2D eigenvalue weighted by atomic mass is 9.70. The number of hydrogen-bond acceptors (Lipinski definition) is 3. The van der Waals surface area contributed by atoms with Crippen molar-refractivity contribution in [1.29, 1.82) is 0 Å². The van der Waals surface area contributed by atoms with Crippen molar-refractivity contribution in [2.75, 3.05) is 13.6 Å². The van der Waals surface area contributed by atoms with Gasteiger partial charge in [0.25, 0.3) is 0 Å². The molecule has 1 saturated carbocycles. The van der Waals surface area contributed by atoms with Gasteiger partial charge in [0.2, 0.25) is 0 Å². The van der Waals surface area contributed by atoms with E-state index in [9.17, 15) is 0 Å². The first-order valence-electron chi connectivity index (χ1n) is 7.85. The molecule has 0 saturated heterocycles. The van der Waals surface area contributed by atoms with Gasteiger partial charge in [0.1, 0.15) is 0 Å². The Morgan fingerprint density at radius 3 is 2.85 bits per heavy atom. The molecule has 1 fully saturated rings. The van der Waals surface area contributed by atoms with Crippen molar-refractivity contribution < 1.29 is 0 Å². The van der Waals surface area contributed by atoms with Gasteiger partial charge in [-0.15, -0.1) is 0 Å². The summed E-state index contributed by atoms with van der Waals surface area (Å²) in [4.78, 5) is 2.51. The molecule has 0 aromatic carbocycles. The third-order valence-corrected chi connectivity index (χ3v) is 4.73. The number of hydrogen-bond donors (Lipinski definition) is 1. The molecule has 1 aromatic rings. The van der Waals surface area contributed by atoms with E-state index in [1.807, 2.05) is 17.9 Å². The van der Waals surface area contributed by atoms with Crippen molar-refractivity contribution in [1.82, 2.24) is 20.0 Å². The summed E-state index contributed by atoms with van der Waals surface area (Å²) < 4.78 is 1.88. The number of likely N-dealkylation sites (N-methyl/N-ethyl adjacent to an activating group) is 2. The van der Waals surface area contributed by atoms with E-state index in [1.54, 1.807) is 0 Å². The van der Waals surface area contributed by atoms with Crippen LogP contribution in [0, 0.1) is 5.41 Å². The highest BCUT2D eigenvalue weighted by atomic mass is 15.2. The minimum atomic E-state index is 0.377. The molecule has 1 N–H and O–H groups in total. The number of nitrogens with zero attached hydrogens (tertiary/aromatic N) is 3. The van der Waals surface area contributed by atoms with E-state index < -0.39 is 0 Å². The summed E-state index contributed by atoms with van der Waals surface area (Å²) in [5.74, 6) is 0. The monoisotopic (exact) mass is 278 g/mol. The SMILES string of the molecule is CCNC1C(N(C)Cc2cnn(C)c2)CCCC1(C)C. The molecule has 1 aromatic heterocycles. The number of aromatic nitrogens is 2. The Morgan fingerprint density at radius 1 is 1.50 bits per heavy atom. The summed E-state index contributed by atoms with van der Waals surface area (Å²) >= 11 is 0. The number of rotatable bonds is 5. The van der Waals surface area contributed by atoms with E-state index in [-0.39, 0.29) is 0 Å². The Bertz CT molecular complexity index is 424. The highest BCUT2D eigenvalue weighted by Crippen LogP contribution is 2.37.